The van der Waals surface area contributed by atoms with Crippen LogP contribution in [0.4, 0.5) is 10.6 Å². The quantitative estimate of drug-likeness (QED) is 0.852. The van der Waals surface area contributed by atoms with Gasteiger partial charge in [-0.2, -0.15) is 0 Å². The second-order valence-electron chi connectivity index (χ2n) is 5.58. The molecule has 6 nitrogen and oxygen atoms in total. The molecule has 0 aliphatic rings. The van der Waals surface area contributed by atoms with Gasteiger partial charge in [-0.25, -0.2) is 9.78 Å². The lowest BCUT2D eigenvalue weighted by atomic mass is 10.2. The third-order valence-corrected chi connectivity index (χ3v) is 2.32. The van der Waals surface area contributed by atoms with Gasteiger partial charge in [0.15, 0.2) is 5.78 Å². The lowest BCUT2D eigenvalue weighted by Gasteiger charge is -2.19. The molecule has 1 heterocycles. The predicted octanol–water partition coefficient (Wildman–Crippen LogP) is 1.85. The smallest absolute Gasteiger partial charge is 0.408 e. The Balaban J connectivity index is 2.53. The summed E-state index contributed by atoms with van der Waals surface area (Å²) in [5, 5.41) is 2.43. The first-order valence-corrected chi connectivity index (χ1v) is 6.32. The molecule has 0 aromatic carbocycles. The normalized spacial score (nSPS) is 10.8. The molecular formula is C14H21N3O3. The van der Waals surface area contributed by atoms with Gasteiger partial charge in [-0.3, -0.25) is 4.79 Å². The second kappa shape index (κ2) is 6.36. The Morgan fingerprint density at radius 3 is 2.40 bits per heavy atom. The van der Waals surface area contributed by atoms with Crippen LogP contribution in [0, 0.1) is 0 Å². The van der Waals surface area contributed by atoms with Gasteiger partial charge in [0.2, 0.25) is 0 Å². The summed E-state index contributed by atoms with van der Waals surface area (Å²) < 4.78 is 5.05. The van der Waals surface area contributed by atoms with E-state index in [0.29, 0.717) is 5.56 Å². The maximum Gasteiger partial charge on any atom is 0.408 e. The number of carbonyl (C=O) groups excluding carboxylic acids is 2. The van der Waals surface area contributed by atoms with Crippen LogP contribution in [0.15, 0.2) is 18.3 Å². The minimum atomic E-state index is -0.608. The Labute approximate surface area is 119 Å². The van der Waals surface area contributed by atoms with Crippen molar-refractivity contribution in [3.63, 3.8) is 0 Å². The van der Waals surface area contributed by atoms with E-state index in [1.165, 1.54) is 6.20 Å². The fraction of sp³-hybridized carbons (Fsp3) is 0.500. The van der Waals surface area contributed by atoms with Gasteiger partial charge in [0, 0.05) is 25.9 Å². The summed E-state index contributed by atoms with van der Waals surface area (Å²) in [6.45, 7) is 5.17. The van der Waals surface area contributed by atoms with Crippen LogP contribution in [0.1, 0.15) is 31.1 Å². The number of ketones is 1. The molecule has 0 unspecified atom stereocenters. The summed E-state index contributed by atoms with van der Waals surface area (Å²) in [6, 6.07) is 3.43. The second-order valence-corrected chi connectivity index (χ2v) is 5.58. The van der Waals surface area contributed by atoms with Gasteiger partial charge in [0.25, 0.3) is 0 Å². The minimum absolute atomic E-state index is 0.113. The SMILES string of the molecule is CN(C)c1ccc(C(=O)CNC(=O)OC(C)(C)C)cn1. The van der Waals surface area contributed by atoms with Crippen LogP contribution >= 0.6 is 0 Å². The van der Waals surface area contributed by atoms with E-state index in [1.807, 2.05) is 19.0 Å². The van der Waals surface area contributed by atoms with Crippen molar-refractivity contribution in [1.82, 2.24) is 10.3 Å². The van der Waals surface area contributed by atoms with Gasteiger partial charge in [-0.05, 0) is 32.9 Å². The van der Waals surface area contributed by atoms with Crippen molar-refractivity contribution in [1.29, 1.82) is 0 Å². The zero-order valence-electron chi connectivity index (χ0n) is 12.6. The van der Waals surface area contributed by atoms with Crippen LogP contribution in [-0.4, -0.2) is 43.1 Å². The number of ether oxygens (including phenoxy) is 1. The molecule has 20 heavy (non-hydrogen) atoms. The first-order chi connectivity index (χ1) is 9.19. The maximum atomic E-state index is 11.9. The molecule has 1 rings (SSSR count). The minimum Gasteiger partial charge on any atom is -0.444 e. The number of pyridine rings is 1. The van der Waals surface area contributed by atoms with E-state index < -0.39 is 11.7 Å². The highest BCUT2D eigenvalue weighted by Crippen LogP contribution is 2.09. The van der Waals surface area contributed by atoms with E-state index in [9.17, 15) is 9.59 Å². The summed E-state index contributed by atoms with van der Waals surface area (Å²) in [5.74, 6) is 0.551. The Morgan fingerprint density at radius 2 is 1.95 bits per heavy atom. The molecular weight excluding hydrogens is 258 g/mol. The molecule has 0 fully saturated rings. The largest absolute Gasteiger partial charge is 0.444 e. The third kappa shape index (κ3) is 5.26. The van der Waals surface area contributed by atoms with Crippen molar-refractivity contribution >= 4 is 17.7 Å². The number of aromatic nitrogens is 1. The first-order valence-electron chi connectivity index (χ1n) is 6.32. The zero-order valence-corrected chi connectivity index (χ0v) is 12.6. The first kappa shape index (κ1) is 15.9. The van der Waals surface area contributed by atoms with E-state index in [2.05, 4.69) is 10.3 Å². The standard InChI is InChI=1S/C14H21N3O3/c1-14(2,3)20-13(19)16-9-11(18)10-6-7-12(15-8-10)17(4)5/h6-8H,9H2,1-5H3,(H,16,19). The van der Waals surface area contributed by atoms with Gasteiger partial charge in [-0.15, -0.1) is 0 Å². The van der Waals surface area contributed by atoms with E-state index in [0.717, 1.165) is 5.82 Å². The Hall–Kier alpha value is -2.11. The predicted molar refractivity (Wildman–Crippen MR) is 77.1 cm³/mol. The lowest BCUT2D eigenvalue weighted by molar-refractivity contribution is 0.0520. The number of hydrogen-bond acceptors (Lipinski definition) is 5. The van der Waals surface area contributed by atoms with E-state index >= 15 is 0 Å². The van der Waals surface area contributed by atoms with Crippen molar-refractivity contribution < 1.29 is 14.3 Å². The molecule has 1 aromatic rings. The molecule has 110 valence electrons. The molecule has 0 radical (unpaired) electrons. The fourth-order valence-corrected chi connectivity index (χ4v) is 1.38. The molecule has 0 spiro atoms. The average Bonchev–Trinajstić information content (AvgIpc) is 2.34. The van der Waals surface area contributed by atoms with E-state index in [4.69, 9.17) is 4.74 Å². The summed E-state index contributed by atoms with van der Waals surface area (Å²) in [4.78, 5) is 29.3. The number of amides is 1. The Kier molecular flexibility index (Phi) is 5.07. The van der Waals surface area contributed by atoms with Crippen LogP contribution in [-0.2, 0) is 4.74 Å². The summed E-state index contributed by atoms with van der Waals surface area (Å²) in [7, 11) is 3.74. The number of nitrogens with zero attached hydrogens (tertiary/aromatic N) is 2. The van der Waals surface area contributed by atoms with Crippen molar-refractivity contribution in [2.45, 2.75) is 26.4 Å². The molecule has 1 N–H and O–H groups in total. The van der Waals surface area contributed by atoms with Gasteiger partial charge in [0.05, 0.1) is 6.54 Å². The van der Waals surface area contributed by atoms with Crippen molar-refractivity contribution in [2.75, 3.05) is 25.5 Å². The summed E-state index contributed by atoms with van der Waals surface area (Å²) in [6.07, 6.45) is 0.887. The highest BCUT2D eigenvalue weighted by Gasteiger charge is 2.17. The van der Waals surface area contributed by atoms with Gasteiger partial charge >= 0.3 is 6.09 Å². The molecule has 1 aromatic heterocycles. The highest BCUT2D eigenvalue weighted by atomic mass is 16.6. The topological polar surface area (TPSA) is 71.5 Å². The van der Waals surface area contributed by atoms with Gasteiger partial charge in [-0.1, -0.05) is 0 Å². The number of anilines is 1. The molecule has 6 heteroatoms. The summed E-state index contributed by atoms with van der Waals surface area (Å²) in [5.41, 5.74) is -0.131. The number of rotatable bonds is 4. The van der Waals surface area contributed by atoms with Crippen LogP contribution in [0.3, 0.4) is 0 Å². The van der Waals surface area contributed by atoms with E-state index in [1.54, 1.807) is 32.9 Å². The Bertz CT molecular complexity index is 475. The van der Waals surface area contributed by atoms with Crippen LogP contribution in [0.25, 0.3) is 0 Å². The molecule has 0 saturated carbocycles. The van der Waals surface area contributed by atoms with Crippen molar-refractivity contribution in [3.05, 3.63) is 23.9 Å². The molecule has 0 atom stereocenters. The van der Waals surface area contributed by atoms with Crippen molar-refractivity contribution in [2.24, 2.45) is 0 Å². The van der Waals surface area contributed by atoms with Gasteiger partial charge in [0.1, 0.15) is 11.4 Å². The third-order valence-electron chi connectivity index (χ3n) is 2.32. The average molecular weight is 279 g/mol. The molecule has 0 aliphatic heterocycles. The molecule has 0 bridgehead atoms. The Morgan fingerprint density at radius 1 is 1.30 bits per heavy atom. The molecule has 1 amide bonds. The molecule has 0 saturated heterocycles. The maximum absolute atomic E-state index is 11.9. The van der Waals surface area contributed by atoms with E-state index in [-0.39, 0.29) is 12.3 Å². The van der Waals surface area contributed by atoms with Gasteiger partial charge < -0.3 is 15.0 Å². The lowest BCUT2D eigenvalue weighted by Crippen LogP contribution is -2.35. The summed E-state index contributed by atoms with van der Waals surface area (Å²) >= 11 is 0. The number of alkyl carbamates (subject to hydrolysis) is 1. The van der Waals surface area contributed by atoms with Crippen LogP contribution in [0.2, 0.25) is 0 Å². The highest BCUT2D eigenvalue weighted by molar-refractivity contribution is 5.98. The number of carbonyl (C=O) groups is 2. The zero-order chi connectivity index (χ0) is 15.3. The van der Waals surface area contributed by atoms with Crippen molar-refractivity contribution in [3.8, 4) is 0 Å². The van der Waals surface area contributed by atoms with Crippen LogP contribution < -0.4 is 10.2 Å². The number of nitrogens with one attached hydrogen (secondary N) is 1. The number of hydrogen-bond donors (Lipinski definition) is 1. The number of Topliss-reactive ketones (excluding diaryl/α,β-unsaturated/α-hetero) is 1. The fourth-order valence-electron chi connectivity index (χ4n) is 1.38. The molecule has 0 aliphatic carbocycles. The monoisotopic (exact) mass is 279 g/mol. The van der Waals surface area contributed by atoms with Crippen LogP contribution in [0.5, 0.6) is 0 Å².